The molecule has 2 aliphatic rings. The standard InChI is InChI=1S/C16H31NS/c1-17(12-15-8-4-5-9-15)13-16(14-18)10-6-2-3-7-11-16/h15,18H,2-14H2,1H3. The summed E-state index contributed by atoms with van der Waals surface area (Å²) < 4.78 is 0. The zero-order valence-electron chi connectivity index (χ0n) is 12.2. The van der Waals surface area contributed by atoms with Crippen molar-refractivity contribution in [2.45, 2.75) is 64.2 Å². The van der Waals surface area contributed by atoms with Crippen LogP contribution >= 0.6 is 12.6 Å². The van der Waals surface area contributed by atoms with Crippen molar-refractivity contribution in [2.24, 2.45) is 11.3 Å². The van der Waals surface area contributed by atoms with Crippen molar-refractivity contribution in [2.75, 3.05) is 25.9 Å². The summed E-state index contributed by atoms with van der Waals surface area (Å²) in [7, 11) is 2.34. The Bertz CT molecular complexity index is 227. The van der Waals surface area contributed by atoms with Crippen molar-refractivity contribution < 1.29 is 0 Å². The molecule has 2 rings (SSSR count). The van der Waals surface area contributed by atoms with E-state index in [0.29, 0.717) is 5.41 Å². The molecule has 0 amide bonds. The van der Waals surface area contributed by atoms with Gasteiger partial charge in [-0.25, -0.2) is 0 Å². The summed E-state index contributed by atoms with van der Waals surface area (Å²) in [5.41, 5.74) is 0.521. The third-order valence-corrected chi connectivity index (χ3v) is 5.82. The molecule has 0 atom stereocenters. The number of thiol groups is 1. The first kappa shape index (κ1) is 14.7. The Morgan fingerprint density at radius 2 is 1.61 bits per heavy atom. The fourth-order valence-electron chi connectivity index (χ4n) is 4.12. The summed E-state index contributed by atoms with van der Waals surface area (Å²) in [6.45, 7) is 2.61. The summed E-state index contributed by atoms with van der Waals surface area (Å²) in [4.78, 5) is 2.62. The summed E-state index contributed by atoms with van der Waals surface area (Å²) >= 11 is 4.69. The molecule has 2 aliphatic carbocycles. The van der Waals surface area contributed by atoms with Gasteiger partial charge in [0.25, 0.3) is 0 Å². The predicted molar refractivity (Wildman–Crippen MR) is 83.4 cm³/mol. The highest BCUT2D eigenvalue weighted by Gasteiger charge is 2.31. The van der Waals surface area contributed by atoms with Crippen molar-refractivity contribution in [3.8, 4) is 0 Å². The van der Waals surface area contributed by atoms with E-state index < -0.39 is 0 Å². The van der Waals surface area contributed by atoms with Crippen molar-refractivity contribution in [1.82, 2.24) is 4.90 Å². The molecular formula is C16H31NS. The maximum atomic E-state index is 4.69. The molecule has 2 fully saturated rings. The summed E-state index contributed by atoms with van der Waals surface area (Å²) in [6, 6.07) is 0. The monoisotopic (exact) mass is 269 g/mol. The van der Waals surface area contributed by atoms with Gasteiger partial charge in [0.2, 0.25) is 0 Å². The molecule has 18 heavy (non-hydrogen) atoms. The molecule has 0 N–H and O–H groups in total. The SMILES string of the molecule is CN(CC1CCCC1)CC1(CS)CCCCCC1. The van der Waals surface area contributed by atoms with E-state index in [1.807, 2.05) is 0 Å². The Morgan fingerprint density at radius 3 is 2.17 bits per heavy atom. The van der Waals surface area contributed by atoms with Gasteiger partial charge in [-0.15, -0.1) is 0 Å². The fourth-order valence-corrected chi connectivity index (χ4v) is 4.53. The van der Waals surface area contributed by atoms with Gasteiger partial charge in [0.05, 0.1) is 0 Å². The van der Waals surface area contributed by atoms with Crippen LogP contribution in [0.15, 0.2) is 0 Å². The molecule has 106 valence electrons. The largest absolute Gasteiger partial charge is 0.306 e. The first-order valence-corrected chi connectivity index (χ1v) is 8.67. The molecule has 0 heterocycles. The van der Waals surface area contributed by atoms with Gasteiger partial charge in [-0.3, -0.25) is 0 Å². The van der Waals surface area contributed by atoms with Crippen LogP contribution in [0, 0.1) is 11.3 Å². The van der Waals surface area contributed by atoms with E-state index in [-0.39, 0.29) is 0 Å². The van der Waals surface area contributed by atoms with Gasteiger partial charge >= 0.3 is 0 Å². The molecule has 1 nitrogen and oxygen atoms in total. The van der Waals surface area contributed by atoms with E-state index in [1.54, 1.807) is 0 Å². The fraction of sp³-hybridized carbons (Fsp3) is 1.00. The Labute approximate surface area is 119 Å². The van der Waals surface area contributed by atoms with Crippen LogP contribution in [0.2, 0.25) is 0 Å². The van der Waals surface area contributed by atoms with E-state index >= 15 is 0 Å². The van der Waals surface area contributed by atoms with Gasteiger partial charge in [-0.05, 0) is 49.8 Å². The van der Waals surface area contributed by atoms with Gasteiger partial charge in [0.1, 0.15) is 0 Å². The molecule has 0 aromatic heterocycles. The zero-order valence-corrected chi connectivity index (χ0v) is 13.1. The molecular weight excluding hydrogens is 238 g/mol. The lowest BCUT2D eigenvalue weighted by atomic mass is 9.81. The molecule has 2 saturated carbocycles. The Balaban J connectivity index is 1.83. The van der Waals surface area contributed by atoms with Crippen LogP contribution < -0.4 is 0 Å². The maximum absolute atomic E-state index is 4.69. The quantitative estimate of drug-likeness (QED) is 0.572. The van der Waals surface area contributed by atoms with E-state index in [9.17, 15) is 0 Å². The van der Waals surface area contributed by atoms with Gasteiger partial charge < -0.3 is 4.90 Å². The van der Waals surface area contributed by atoms with Gasteiger partial charge in [-0.1, -0.05) is 38.5 Å². The van der Waals surface area contributed by atoms with Crippen LogP contribution in [-0.4, -0.2) is 30.8 Å². The summed E-state index contributed by atoms with van der Waals surface area (Å²) in [6.07, 6.45) is 14.4. The van der Waals surface area contributed by atoms with E-state index in [1.165, 1.54) is 77.3 Å². The lowest BCUT2D eigenvalue weighted by Crippen LogP contribution is -2.38. The number of nitrogens with zero attached hydrogens (tertiary/aromatic N) is 1. The topological polar surface area (TPSA) is 3.24 Å². The van der Waals surface area contributed by atoms with Crippen LogP contribution in [0.5, 0.6) is 0 Å². The highest BCUT2D eigenvalue weighted by molar-refractivity contribution is 7.80. The predicted octanol–water partition coefficient (Wildman–Crippen LogP) is 4.38. The number of hydrogen-bond acceptors (Lipinski definition) is 2. The maximum Gasteiger partial charge on any atom is 0.00429 e. The van der Waals surface area contributed by atoms with Gasteiger partial charge in [0, 0.05) is 13.1 Å². The Hall–Kier alpha value is 0.310. The highest BCUT2D eigenvalue weighted by Crippen LogP contribution is 2.37. The van der Waals surface area contributed by atoms with Gasteiger partial charge in [-0.2, -0.15) is 12.6 Å². The molecule has 0 aromatic carbocycles. The second-order valence-electron chi connectivity index (χ2n) is 6.92. The lowest BCUT2D eigenvalue weighted by Gasteiger charge is -2.36. The van der Waals surface area contributed by atoms with Crippen LogP contribution in [0.3, 0.4) is 0 Å². The average Bonchev–Trinajstić information content (AvgIpc) is 2.74. The smallest absolute Gasteiger partial charge is 0.00429 e. The third-order valence-electron chi connectivity index (χ3n) is 5.15. The molecule has 0 radical (unpaired) electrons. The average molecular weight is 269 g/mol. The second kappa shape index (κ2) is 7.19. The van der Waals surface area contributed by atoms with Gasteiger partial charge in [0.15, 0.2) is 0 Å². The van der Waals surface area contributed by atoms with Crippen LogP contribution in [-0.2, 0) is 0 Å². The zero-order chi connectivity index (χ0) is 12.8. The molecule has 0 saturated heterocycles. The van der Waals surface area contributed by atoms with Crippen molar-refractivity contribution >= 4 is 12.6 Å². The minimum Gasteiger partial charge on any atom is -0.306 e. The summed E-state index contributed by atoms with van der Waals surface area (Å²) in [5, 5.41) is 0. The van der Waals surface area contributed by atoms with Crippen molar-refractivity contribution in [3.05, 3.63) is 0 Å². The van der Waals surface area contributed by atoms with E-state index in [2.05, 4.69) is 11.9 Å². The summed E-state index contributed by atoms with van der Waals surface area (Å²) in [5.74, 6) is 2.07. The Morgan fingerprint density at radius 1 is 1.00 bits per heavy atom. The second-order valence-corrected chi connectivity index (χ2v) is 7.24. The molecule has 0 aromatic rings. The van der Waals surface area contributed by atoms with Crippen molar-refractivity contribution in [1.29, 1.82) is 0 Å². The molecule has 0 unspecified atom stereocenters. The molecule has 0 spiro atoms. The third kappa shape index (κ3) is 4.16. The van der Waals surface area contributed by atoms with E-state index in [4.69, 9.17) is 12.6 Å². The van der Waals surface area contributed by atoms with E-state index in [0.717, 1.165) is 11.7 Å². The number of hydrogen-bond donors (Lipinski definition) is 1. The molecule has 2 heteroatoms. The molecule has 0 bridgehead atoms. The molecule has 0 aliphatic heterocycles. The minimum atomic E-state index is 0.521. The lowest BCUT2D eigenvalue weighted by molar-refractivity contribution is 0.158. The van der Waals surface area contributed by atoms with Crippen molar-refractivity contribution in [3.63, 3.8) is 0 Å². The van der Waals surface area contributed by atoms with Crippen LogP contribution in [0.1, 0.15) is 64.2 Å². The van der Waals surface area contributed by atoms with Crippen LogP contribution in [0.25, 0.3) is 0 Å². The first-order chi connectivity index (χ1) is 8.74. The minimum absolute atomic E-state index is 0.521. The van der Waals surface area contributed by atoms with Crippen LogP contribution in [0.4, 0.5) is 0 Å². The normalized spacial score (nSPS) is 25.5. The number of rotatable bonds is 5. The Kier molecular flexibility index (Phi) is 5.88. The highest BCUT2D eigenvalue weighted by atomic mass is 32.1. The first-order valence-electron chi connectivity index (χ1n) is 8.03.